The first-order chi connectivity index (χ1) is 48.4. The molecule has 0 aliphatic heterocycles. The van der Waals surface area contributed by atoms with E-state index in [0.717, 1.165) is 138 Å². The van der Waals surface area contributed by atoms with E-state index in [0.29, 0.717) is 6.42 Å². The van der Waals surface area contributed by atoms with E-state index in [-0.39, 0.29) is 5.66 Å². The third kappa shape index (κ3) is 10.3. The van der Waals surface area contributed by atoms with Gasteiger partial charge >= 0.3 is 0 Å². The second-order valence-electron chi connectivity index (χ2n) is 24.9. The fraction of sp³-hybridized carbons (Fsp3) is 0.0222. The lowest BCUT2D eigenvalue weighted by Crippen LogP contribution is -2.25. The zero-order chi connectivity index (χ0) is 65.6. The van der Waals surface area contributed by atoms with E-state index >= 15 is 9.13 Å². The van der Waals surface area contributed by atoms with Crippen LogP contribution in [-0.2, 0) is 9.13 Å². The number of rotatable bonds is 16. The Balaban J connectivity index is 0.968. The van der Waals surface area contributed by atoms with E-state index in [9.17, 15) is 0 Å². The molecule has 0 saturated heterocycles. The number of hydrogen-bond acceptors (Lipinski definition) is 4. The third-order valence-electron chi connectivity index (χ3n) is 19.4. The van der Waals surface area contributed by atoms with Crippen molar-refractivity contribution in [2.75, 3.05) is 9.80 Å². The number of aromatic nitrogens is 2. The highest BCUT2D eigenvalue weighted by Gasteiger charge is 2.38. The SMILES string of the molecule is O=P(c1ccccc1)(c1ccccc1)c1ccc(-c2c3c4ccccc4n(-c4ccc(N(c5ccccc5)c5ccccc5)cc4)c3c(C3=CCC(P(=O)(c4ccccc4)c4ccccc4)C=C3)c3c4ccccc4n(-c4ccc(N(c5ccccc5)c5ccccc5)cc4)c23)cc1. The molecule has 2 heterocycles. The first-order valence-corrected chi connectivity index (χ1v) is 36.9. The van der Waals surface area contributed by atoms with Crippen LogP contribution in [0.4, 0.5) is 34.1 Å². The summed E-state index contributed by atoms with van der Waals surface area (Å²) < 4.78 is 37.6. The van der Waals surface area contributed by atoms with E-state index in [1.165, 1.54) is 0 Å². The molecule has 17 rings (SSSR count). The summed E-state index contributed by atoms with van der Waals surface area (Å²) >= 11 is 0. The van der Waals surface area contributed by atoms with Crippen LogP contribution in [-0.4, -0.2) is 14.8 Å². The number of para-hydroxylation sites is 6. The van der Waals surface area contributed by atoms with Crippen LogP contribution in [0.2, 0.25) is 0 Å². The van der Waals surface area contributed by atoms with Gasteiger partial charge in [0.05, 0.1) is 22.1 Å². The van der Waals surface area contributed by atoms with Crippen LogP contribution in [0.15, 0.2) is 382 Å². The van der Waals surface area contributed by atoms with Crippen molar-refractivity contribution in [2.24, 2.45) is 0 Å². The molecule has 1 aliphatic rings. The molecule has 0 bridgehead atoms. The van der Waals surface area contributed by atoms with Gasteiger partial charge in [-0.25, -0.2) is 0 Å². The van der Waals surface area contributed by atoms with Crippen molar-refractivity contribution in [3.63, 3.8) is 0 Å². The van der Waals surface area contributed by atoms with Crippen LogP contribution in [0.5, 0.6) is 0 Å². The summed E-state index contributed by atoms with van der Waals surface area (Å²) in [6, 6.07) is 127. The fourth-order valence-corrected chi connectivity index (χ4v) is 20.6. The van der Waals surface area contributed by atoms with Crippen LogP contribution in [0, 0.1) is 0 Å². The Bertz CT molecular complexity index is 5560. The van der Waals surface area contributed by atoms with Gasteiger partial charge in [0, 0.05) is 110 Å². The Morgan fingerprint density at radius 3 is 1.00 bits per heavy atom. The molecule has 16 aromatic rings. The standard InChI is InChI=1S/C90H66N4O2P2/c95-97(75-37-17-5-18-38-75,76-39-19-6-20-40-76)79-61-49-65(50-62-79)85-88-82-46-26-28-48-84(82)94(74-59-55-72(56-60-74)92(69-33-13-3-14-34-69)70-35-15-4-16-36-70)90(88)86(66-51-63-80(64-52-66)98(96,77-41-21-7-22-42-77)78-43-23-8-24-44-78)87-81-45-25-27-47-83(81)93(89(85)87)73-57-53-71(54-58-73)91(67-29-9-1-10-30-67)68-31-11-2-12-32-68/h1-63,80H,64H2. The largest absolute Gasteiger partial charge is 0.313 e. The Kier molecular flexibility index (Phi) is 15.5. The summed E-state index contributed by atoms with van der Waals surface area (Å²) in [7, 11) is -6.63. The van der Waals surface area contributed by atoms with E-state index in [1.807, 2.05) is 121 Å². The molecular formula is C90H66N4O2P2. The van der Waals surface area contributed by atoms with Crippen LogP contribution >= 0.6 is 14.3 Å². The lowest BCUT2D eigenvalue weighted by molar-refractivity contribution is 0.582. The molecule has 1 atom stereocenters. The molecule has 6 nitrogen and oxygen atoms in total. The fourth-order valence-electron chi connectivity index (χ4n) is 15.0. The molecule has 1 aliphatic carbocycles. The number of benzene rings is 14. The van der Waals surface area contributed by atoms with Gasteiger partial charge in [0.25, 0.3) is 0 Å². The van der Waals surface area contributed by atoms with Crippen LogP contribution in [0.1, 0.15) is 12.0 Å². The van der Waals surface area contributed by atoms with Crippen molar-refractivity contribution in [2.45, 2.75) is 12.1 Å². The van der Waals surface area contributed by atoms with Gasteiger partial charge in [0.1, 0.15) is 7.14 Å². The van der Waals surface area contributed by atoms with E-state index in [4.69, 9.17) is 0 Å². The minimum Gasteiger partial charge on any atom is -0.313 e. The molecule has 98 heavy (non-hydrogen) atoms. The average molecular weight is 1300 g/mol. The van der Waals surface area contributed by atoms with Crippen LogP contribution in [0.25, 0.3) is 71.7 Å². The summed E-state index contributed by atoms with van der Waals surface area (Å²) in [6.45, 7) is 0. The van der Waals surface area contributed by atoms with Crippen LogP contribution < -0.4 is 36.3 Å². The predicted molar refractivity (Wildman–Crippen MR) is 415 cm³/mol. The lowest BCUT2D eigenvalue weighted by atomic mass is 9.88. The molecule has 0 spiro atoms. The Labute approximate surface area is 571 Å². The number of allylic oxidation sites excluding steroid dienone is 4. The normalized spacial score (nSPS) is 13.3. The van der Waals surface area contributed by atoms with Gasteiger partial charge in [-0.1, -0.05) is 273 Å². The maximum atomic E-state index is 16.4. The van der Waals surface area contributed by atoms with Crippen molar-refractivity contribution in [3.8, 4) is 22.5 Å². The second-order valence-corrected chi connectivity index (χ2v) is 30.7. The van der Waals surface area contributed by atoms with Crippen molar-refractivity contribution >= 4 is 124 Å². The van der Waals surface area contributed by atoms with E-state index in [2.05, 4.69) is 280 Å². The minimum atomic E-state index is -3.38. The smallest absolute Gasteiger partial charge is 0.171 e. The van der Waals surface area contributed by atoms with Crippen molar-refractivity contribution in [1.29, 1.82) is 0 Å². The molecule has 0 saturated carbocycles. The summed E-state index contributed by atoms with van der Waals surface area (Å²) in [4.78, 5) is 4.61. The van der Waals surface area contributed by atoms with Gasteiger partial charge in [0.2, 0.25) is 0 Å². The zero-order valence-corrected chi connectivity index (χ0v) is 55.4. The average Bonchev–Trinajstić information content (AvgIpc) is 1.51. The molecule has 0 N–H and O–H groups in total. The highest BCUT2D eigenvalue weighted by Crippen LogP contribution is 2.56. The number of hydrogen-bond donors (Lipinski definition) is 0. The topological polar surface area (TPSA) is 50.5 Å². The summed E-state index contributed by atoms with van der Waals surface area (Å²) in [6.07, 6.45) is 7.41. The highest BCUT2D eigenvalue weighted by atomic mass is 31.2. The molecule has 8 heteroatoms. The minimum absolute atomic E-state index is 0.315. The molecule has 1 unspecified atom stereocenters. The van der Waals surface area contributed by atoms with Crippen molar-refractivity contribution in [3.05, 3.63) is 388 Å². The number of nitrogens with zero attached hydrogens (tertiary/aromatic N) is 4. The first-order valence-electron chi connectivity index (χ1n) is 33.4. The van der Waals surface area contributed by atoms with E-state index in [1.54, 1.807) is 0 Å². The first kappa shape index (κ1) is 59.9. The Morgan fingerprint density at radius 1 is 0.306 bits per heavy atom. The van der Waals surface area contributed by atoms with Gasteiger partial charge in [-0.05, 0) is 127 Å². The van der Waals surface area contributed by atoms with Gasteiger partial charge in [-0.15, -0.1) is 0 Å². The van der Waals surface area contributed by atoms with Gasteiger partial charge < -0.3 is 28.1 Å². The molecule has 468 valence electrons. The molecule has 2 aromatic heterocycles. The summed E-state index contributed by atoms with van der Waals surface area (Å²) in [5, 5.41) is 8.29. The van der Waals surface area contributed by atoms with Gasteiger partial charge in [-0.2, -0.15) is 0 Å². The predicted octanol–water partition coefficient (Wildman–Crippen LogP) is 21.9. The highest BCUT2D eigenvalue weighted by molar-refractivity contribution is 7.85. The van der Waals surface area contributed by atoms with Crippen molar-refractivity contribution < 1.29 is 9.13 Å². The Hall–Kier alpha value is -11.8. The monoisotopic (exact) mass is 1300 g/mol. The van der Waals surface area contributed by atoms with Gasteiger partial charge in [0.15, 0.2) is 7.14 Å². The molecule has 0 radical (unpaired) electrons. The molecular weight excluding hydrogens is 1230 g/mol. The molecule has 0 fully saturated rings. The van der Waals surface area contributed by atoms with E-state index < -0.39 is 14.3 Å². The lowest BCUT2D eigenvalue weighted by Gasteiger charge is -2.28. The molecule has 14 aromatic carbocycles. The number of anilines is 6. The maximum absolute atomic E-state index is 16.4. The number of fused-ring (bicyclic) bond motifs is 6. The van der Waals surface area contributed by atoms with Crippen LogP contribution in [0.3, 0.4) is 0 Å². The quantitative estimate of drug-likeness (QED) is 0.0905. The van der Waals surface area contributed by atoms with Gasteiger partial charge in [-0.3, -0.25) is 0 Å². The third-order valence-corrected chi connectivity index (χ3v) is 25.9. The maximum Gasteiger partial charge on any atom is 0.171 e. The Morgan fingerprint density at radius 2 is 0.622 bits per heavy atom. The second kappa shape index (κ2) is 25.4. The summed E-state index contributed by atoms with van der Waals surface area (Å²) in [5.74, 6) is 0. The van der Waals surface area contributed by atoms with Crippen molar-refractivity contribution in [1.82, 2.24) is 9.13 Å². The summed E-state index contributed by atoms with van der Waals surface area (Å²) in [5.41, 5.74) is 16.2. The molecule has 0 amide bonds. The zero-order valence-electron chi connectivity index (χ0n) is 53.7.